The largest absolute Gasteiger partial charge is 0.371 e. The molecule has 7 heavy (non-hydrogen) atoms. The van der Waals surface area contributed by atoms with Crippen LogP contribution in [-0.2, 0) is 0 Å². The van der Waals surface area contributed by atoms with Gasteiger partial charge in [0.25, 0.3) is 0 Å². The van der Waals surface area contributed by atoms with Crippen LogP contribution < -0.4 is 5.73 Å². The molecule has 0 aliphatic heterocycles. The Labute approximate surface area is 39.6 Å². The molecule has 6 N–H and O–H groups in total. The maximum Gasteiger partial charge on any atom is 0.317 e. The SMILES string of the molecule is NC(O)C(O)(O)O. The monoisotopic (exact) mass is 109 g/mol. The van der Waals surface area contributed by atoms with Crippen LogP contribution in [-0.4, -0.2) is 32.6 Å². The van der Waals surface area contributed by atoms with E-state index in [4.69, 9.17) is 20.4 Å². The Kier molecular flexibility index (Phi) is 1.68. The topological polar surface area (TPSA) is 107 Å². The summed E-state index contributed by atoms with van der Waals surface area (Å²) >= 11 is 0. The van der Waals surface area contributed by atoms with Crippen molar-refractivity contribution >= 4 is 0 Å². The molecule has 0 amide bonds. The highest BCUT2D eigenvalue weighted by Gasteiger charge is 2.25. The van der Waals surface area contributed by atoms with Crippen LogP contribution in [0.3, 0.4) is 0 Å². The second-order valence-electron chi connectivity index (χ2n) is 1.13. The van der Waals surface area contributed by atoms with E-state index in [2.05, 4.69) is 5.73 Å². The van der Waals surface area contributed by atoms with Crippen LogP contribution in [0.2, 0.25) is 0 Å². The second-order valence-corrected chi connectivity index (χ2v) is 1.13. The Balaban J connectivity index is 3.54. The first-order chi connectivity index (χ1) is 2.94. The van der Waals surface area contributed by atoms with E-state index >= 15 is 0 Å². The fraction of sp³-hybridized carbons (Fsp3) is 1.00. The standard InChI is InChI=1S/C2H7NO4/c3-1(4)2(5,6)7/h1,4-7H,3H2. The average Bonchev–Trinajstić information content (AvgIpc) is 1.31. The van der Waals surface area contributed by atoms with Gasteiger partial charge in [-0.25, -0.2) is 0 Å². The lowest BCUT2D eigenvalue weighted by molar-refractivity contribution is -0.353. The molecule has 0 saturated heterocycles. The van der Waals surface area contributed by atoms with Crippen molar-refractivity contribution in [3.05, 3.63) is 0 Å². The number of hydrogen-bond donors (Lipinski definition) is 5. The quantitative estimate of drug-likeness (QED) is 0.229. The van der Waals surface area contributed by atoms with Gasteiger partial charge in [-0.05, 0) is 0 Å². The summed E-state index contributed by atoms with van der Waals surface area (Å²) in [7, 11) is 0. The van der Waals surface area contributed by atoms with Gasteiger partial charge in [-0.3, -0.25) is 5.73 Å². The van der Waals surface area contributed by atoms with E-state index in [9.17, 15) is 0 Å². The molecule has 0 aromatic rings. The molecule has 0 aliphatic carbocycles. The predicted octanol–water partition coefficient (Wildman–Crippen LogP) is -3.11. The zero-order valence-electron chi connectivity index (χ0n) is 3.44. The first-order valence-corrected chi connectivity index (χ1v) is 1.55. The van der Waals surface area contributed by atoms with Gasteiger partial charge in [0.05, 0.1) is 0 Å². The molecule has 0 spiro atoms. The summed E-state index contributed by atoms with van der Waals surface area (Å²) in [5.41, 5.74) is 4.38. The molecule has 44 valence electrons. The number of nitrogens with two attached hydrogens (primary N) is 1. The van der Waals surface area contributed by atoms with Gasteiger partial charge in [0, 0.05) is 0 Å². The van der Waals surface area contributed by atoms with E-state index in [-0.39, 0.29) is 0 Å². The van der Waals surface area contributed by atoms with Crippen LogP contribution in [0.15, 0.2) is 0 Å². The first kappa shape index (κ1) is 6.80. The fourth-order valence-electron chi connectivity index (χ4n) is 0. The van der Waals surface area contributed by atoms with E-state index in [0.717, 1.165) is 0 Å². The van der Waals surface area contributed by atoms with Crippen molar-refractivity contribution in [1.29, 1.82) is 0 Å². The summed E-state index contributed by atoms with van der Waals surface area (Å²) in [5, 5.41) is 31.4. The van der Waals surface area contributed by atoms with Crippen LogP contribution in [0, 0.1) is 0 Å². The van der Waals surface area contributed by atoms with Crippen LogP contribution in [0.1, 0.15) is 0 Å². The molecular weight excluding hydrogens is 102 g/mol. The van der Waals surface area contributed by atoms with Crippen molar-refractivity contribution in [3.63, 3.8) is 0 Å². The van der Waals surface area contributed by atoms with Crippen LogP contribution in [0.25, 0.3) is 0 Å². The molecule has 5 nitrogen and oxygen atoms in total. The Morgan fingerprint density at radius 2 is 1.43 bits per heavy atom. The lowest BCUT2D eigenvalue weighted by atomic mass is 10.5. The lowest BCUT2D eigenvalue weighted by Gasteiger charge is -2.15. The molecule has 0 rings (SSSR count). The minimum atomic E-state index is -3.17. The van der Waals surface area contributed by atoms with E-state index in [1.54, 1.807) is 0 Å². The van der Waals surface area contributed by atoms with Crippen molar-refractivity contribution in [2.45, 2.75) is 12.2 Å². The Morgan fingerprint density at radius 3 is 1.43 bits per heavy atom. The van der Waals surface area contributed by atoms with Gasteiger partial charge in [-0.2, -0.15) is 0 Å². The van der Waals surface area contributed by atoms with E-state index in [1.165, 1.54) is 0 Å². The van der Waals surface area contributed by atoms with Crippen LogP contribution >= 0.6 is 0 Å². The minimum absolute atomic E-state index is 2.03. The van der Waals surface area contributed by atoms with Crippen molar-refractivity contribution in [1.82, 2.24) is 0 Å². The zero-order chi connectivity index (χ0) is 6.08. The third-order valence-electron chi connectivity index (χ3n) is 0.397. The van der Waals surface area contributed by atoms with E-state index < -0.39 is 12.2 Å². The Bertz CT molecular complexity index is 55.2. The summed E-state index contributed by atoms with van der Waals surface area (Å²) in [6.45, 7) is 0. The predicted molar refractivity (Wildman–Crippen MR) is 19.6 cm³/mol. The number of aliphatic hydroxyl groups is 4. The number of rotatable bonds is 1. The van der Waals surface area contributed by atoms with Gasteiger partial charge >= 0.3 is 5.97 Å². The summed E-state index contributed by atoms with van der Waals surface area (Å²) in [5.74, 6) is -3.17. The highest BCUT2D eigenvalue weighted by Crippen LogP contribution is 1.92. The Morgan fingerprint density at radius 1 is 1.29 bits per heavy atom. The van der Waals surface area contributed by atoms with Gasteiger partial charge in [-0.1, -0.05) is 0 Å². The van der Waals surface area contributed by atoms with Crippen molar-refractivity contribution in [2.75, 3.05) is 0 Å². The number of hydrogen-bond acceptors (Lipinski definition) is 5. The molecule has 5 heteroatoms. The average molecular weight is 109 g/mol. The van der Waals surface area contributed by atoms with E-state index in [1.807, 2.05) is 0 Å². The zero-order valence-corrected chi connectivity index (χ0v) is 3.44. The van der Waals surface area contributed by atoms with Gasteiger partial charge in [0.2, 0.25) is 0 Å². The lowest BCUT2D eigenvalue weighted by Crippen LogP contribution is -2.47. The fourth-order valence-corrected chi connectivity index (χ4v) is 0. The maximum atomic E-state index is 7.92. The van der Waals surface area contributed by atoms with Crippen molar-refractivity contribution in [3.8, 4) is 0 Å². The second kappa shape index (κ2) is 1.73. The van der Waals surface area contributed by atoms with Gasteiger partial charge in [0.15, 0.2) is 6.23 Å². The first-order valence-electron chi connectivity index (χ1n) is 1.55. The Hall–Kier alpha value is -0.200. The van der Waals surface area contributed by atoms with Crippen LogP contribution in [0.5, 0.6) is 0 Å². The molecule has 0 heterocycles. The van der Waals surface area contributed by atoms with Gasteiger partial charge < -0.3 is 20.4 Å². The summed E-state index contributed by atoms with van der Waals surface area (Å²) < 4.78 is 0. The molecule has 0 aromatic heterocycles. The molecule has 0 radical (unpaired) electrons. The van der Waals surface area contributed by atoms with Gasteiger partial charge in [0.1, 0.15) is 0 Å². The smallest absolute Gasteiger partial charge is 0.317 e. The van der Waals surface area contributed by atoms with Crippen molar-refractivity contribution in [2.24, 2.45) is 5.73 Å². The normalized spacial score (nSPS) is 16.7. The molecule has 1 atom stereocenters. The molecule has 0 fully saturated rings. The summed E-state index contributed by atoms with van der Waals surface area (Å²) in [6.07, 6.45) is -2.03. The molecule has 0 saturated carbocycles. The highest BCUT2D eigenvalue weighted by molar-refractivity contribution is 4.50. The summed E-state index contributed by atoms with van der Waals surface area (Å²) in [6, 6.07) is 0. The third kappa shape index (κ3) is 2.49. The molecule has 0 bridgehead atoms. The van der Waals surface area contributed by atoms with E-state index in [0.29, 0.717) is 0 Å². The third-order valence-corrected chi connectivity index (χ3v) is 0.397. The molecule has 0 aliphatic rings. The van der Waals surface area contributed by atoms with Gasteiger partial charge in [-0.15, -0.1) is 0 Å². The summed E-state index contributed by atoms with van der Waals surface area (Å²) in [4.78, 5) is 0. The highest BCUT2D eigenvalue weighted by atomic mass is 16.7. The maximum absolute atomic E-state index is 7.92. The minimum Gasteiger partial charge on any atom is -0.371 e. The number of aliphatic hydroxyl groups excluding tert-OH is 1. The molecule has 0 aromatic carbocycles. The molecular formula is C2H7NO4. The van der Waals surface area contributed by atoms with Crippen molar-refractivity contribution < 1.29 is 20.4 Å². The molecule has 1 unspecified atom stereocenters. The van der Waals surface area contributed by atoms with Crippen LogP contribution in [0.4, 0.5) is 0 Å².